The predicted molar refractivity (Wildman–Crippen MR) is 101 cm³/mol. The predicted octanol–water partition coefficient (Wildman–Crippen LogP) is 3.36. The summed E-state index contributed by atoms with van der Waals surface area (Å²) in [4.78, 5) is 0. The zero-order valence-corrected chi connectivity index (χ0v) is 15.3. The van der Waals surface area contributed by atoms with E-state index in [4.69, 9.17) is 23.7 Å². The molecule has 0 unspecified atom stereocenters. The summed E-state index contributed by atoms with van der Waals surface area (Å²) in [5.74, 6) is 3.13. The van der Waals surface area contributed by atoms with Gasteiger partial charge in [-0.15, -0.1) is 0 Å². The van der Waals surface area contributed by atoms with Crippen molar-refractivity contribution in [1.29, 1.82) is 0 Å². The normalized spacial score (nSPS) is 17.9. The number of nitrogens with one attached hydrogen (secondary N) is 1. The summed E-state index contributed by atoms with van der Waals surface area (Å²) in [6.07, 6.45) is 3.19. The zero-order chi connectivity index (χ0) is 18.3. The molecule has 0 saturated heterocycles. The summed E-state index contributed by atoms with van der Waals surface area (Å²) in [5.41, 5.74) is 0. The van der Waals surface area contributed by atoms with E-state index in [9.17, 15) is 0 Å². The van der Waals surface area contributed by atoms with E-state index >= 15 is 0 Å². The van der Waals surface area contributed by atoms with Crippen LogP contribution in [0, 0.1) is 0 Å². The van der Waals surface area contributed by atoms with Crippen molar-refractivity contribution >= 4 is 0 Å². The molecule has 2 aliphatic heterocycles. The van der Waals surface area contributed by atoms with Crippen LogP contribution in [-0.4, -0.2) is 38.9 Å². The second kappa shape index (κ2) is 8.97. The molecular formula is C21H25NO5. The Labute approximate surface area is 159 Å². The van der Waals surface area contributed by atoms with Crippen LogP contribution >= 0.6 is 0 Å². The second-order valence-corrected chi connectivity index (χ2v) is 6.60. The molecule has 2 aliphatic rings. The Balaban J connectivity index is 1.02. The fourth-order valence-electron chi connectivity index (χ4n) is 3.08. The van der Waals surface area contributed by atoms with Gasteiger partial charge < -0.3 is 29.0 Å². The summed E-state index contributed by atoms with van der Waals surface area (Å²) in [6, 6.07) is 15.4. The van der Waals surface area contributed by atoms with Gasteiger partial charge in [-0.1, -0.05) is 24.3 Å². The molecule has 2 heterocycles. The Bertz CT molecular complexity index is 713. The molecule has 1 N–H and O–H groups in total. The monoisotopic (exact) mass is 371 g/mol. The van der Waals surface area contributed by atoms with E-state index in [1.807, 2.05) is 48.5 Å². The van der Waals surface area contributed by atoms with E-state index in [0.29, 0.717) is 13.2 Å². The van der Waals surface area contributed by atoms with Crippen LogP contribution in [0.5, 0.6) is 23.0 Å². The first-order valence-corrected chi connectivity index (χ1v) is 9.51. The molecule has 6 nitrogen and oxygen atoms in total. The van der Waals surface area contributed by atoms with Gasteiger partial charge in [0.15, 0.2) is 23.0 Å². The minimum Gasteiger partial charge on any atom is -0.486 e. The fraction of sp³-hybridized carbons (Fsp3) is 0.429. The van der Waals surface area contributed by atoms with E-state index in [0.717, 1.165) is 55.4 Å². The number of para-hydroxylation sites is 4. The molecule has 0 amide bonds. The van der Waals surface area contributed by atoms with Gasteiger partial charge in [0.2, 0.25) is 0 Å². The van der Waals surface area contributed by atoms with E-state index in [2.05, 4.69) is 5.32 Å². The lowest BCUT2D eigenvalue weighted by molar-refractivity contribution is -0.177. The van der Waals surface area contributed by atoms with Crippen LogP contribution in [0.3, 0.4) is 0 Å². The third kappa shape index (κ3) is 4.84. The standard InChI is InChI=1S/C21H25NO5/c1(7-13-23-21-26-19-10-4-5-11-20(19)27-21)6-12-22-14-16-15-24-17-8-2-3-9-18(17)25-16/h2-5,8-11,16,21-22H,1,6-7,12-15H2/t16-/m0/s1. The Morgan fingerprint density at radius 2 is 1.48 bits per heavy atom. The van der Waals surface area contributed by atoms with Crippen molar-refractivity contribution in [2.24, 2.45) is 0 Å². The highest BCUT2D eigenvalue weighted by Crippen LogP contribution is 2.34. The van der Waals surface area contributed by atoms with Crippen molar-refractivity contribution in [3.8, 4) is 23.0 Å². The zero-order valence-electron chi connectivity index (χ0n) is 15.3. The number of fused-ring (bicyclic) bond motifs is 2. The maximum Gasteiger partial charge on any atom is 0.361 e. The van der Waals surface area contributed by atoms with Crippen LogP contribution in [0.4, 0.5) is 0 Å². The van der Waals surface area contributed by atoms with Crippen molar-refractivity contribution in [3.05, 3.63) is 48.5 Å². The van der Waals surface area contributed by atoms with E-state index in [1.54, 1.807) is 0 Å². The highest BCUT2D eigenvalue weighted by atomic mass is 16.9. The Morgan fingerprint density at radius 1 is 0.815 bits per heavy atom. The van der Waals surface area contributed by atoms with Gasteiger partial charge >= 0.3 is 6.48 Å². The third-order valence-electron chi connectivity index (χ3n) is 4.49. The van der Waals surface area contributed by atoms with Crippen molar-refractivity contribution in [1.82, 2.24) is 5.32 Å². The number of rotatable bonds is 9. The number of benzene rings is 2. The molecule has 144 valence electrons. The first-order chi connectivity index (χ1) is 13.4. The van der Waals surface area contributed by atoms with Gasteiger partial charge in [0, 0.05) is 6.54 Å². The molecule has 2 aromatic rings. The van der Waals surface area contributed by atoms with Crippen molar-refractivity contribution in [2.45, 2.75) is 31.8 Å². The Kier molecular flexibility index (Phi) is 5.96. The Morgan fingerprint density at radius 3 is 2.22 bits per heavy atom. The lowest BCUT2D eigenvalue weighted by Crippen LogP contribution is -2.38. The average Bonchev–Trinajstić information content (AvgIpc) is 3.12. The molecule has 2 aromatic carbocycles. The number of unbranched alkanes of at least 4 members (excludes halogenated alkanes) is 2. The number of ether oxygens (including phenoxy) is 5. The molecule has 0 spiro atoms. The SMILES string of the molecule is c1ccc2c(c1)OC[C@H](CNCCCCCOC1Oc3ccccc3O1)O2. The largest absolute Gasteiger partial charge is 0.486 e. The molecule has 1 atom stereocenters. The third-order valence-corrected chi connectivity index (χ3v) is 4.49. The van der Waals surface area contributed by atoms with Gasteiger partial charge in [-0.25, -0.2) is 0 Å². The first kappa shape index (κ1) is 17.9. The second-order valence-electron chi connectivity index (χ2n) is 6.60. The summed E-state index contributed by atoms with van der Waals surface area (Å²) < 4.78 is 28.4. The molecule has 0 saturated carbocycles. The van der Waals surface area contributed by atoms with Crippen LogP contribution in [0.25, 0.3) is 0 Å². The molecule has 27 heavy (non-hydrogen) atoms. The smallest absolute Gasteiger partial charge is 0.361 e. The maximum absolute atomic E-state index is 5.93. The van der Waals surface area contributed by atoms with Gasteiger partial charge in [0.25, 0.3) is 0 Å². The van der Waals surface area contributed by atoms with E-state index in [-0.39, 0.29) is 6.10 Å². The van der Waals surface area contributed by atoms with Crippen molar-refractivity contribution < 1.29 is 23.7 Å². The molecular weight excluding hydrogens is 346 g/mol. The van der Waals surface area contributed by atoms with Gasteiger partial charge in [-0.05, 0) is 50.1 Å². The van der Waals surface area contributed by atoms with Gasteiger partial charge in [-0.2, -0.15) is 0 Å². The quantitative estimate of drug-likeness (QED) is 0.682. The molecule has 0 bridgehead atoms. The van der Waals surface area contributed by atoms with Crippen LogP contribution in [0.2, 0.25) is 0 Å². The molecule has 6 heteroatoms. The lowest BCUT2D eigenvalue weighted by atomic mass is 10.2. The molecule has 0 radical (unpaired) electrons. The minimum atomic E-state index is -0.619. The minimum absolute atomic E-state index is 0.0570. The highest BCUT2D eigenvalue weighted by molar-refractivity contribution is 5.41. The number of hydrogen-bond acceptors (Lipinski definition) is 6. The Hall–Kier alpha value is -2.44. The topological polar surface area (TPSA) is 58.2 Å². The maximum atomic E-state index is 5.93. The van der Waals surface area contributed by atoms with Crippen LogP contribution < -0.4 is 24.3 Å². The summed E-state index contributed by atoms with van der Waals surface area (Å²) in [5, 5.41) is 3.43. The van der Waals surface area contributed by atoms with Gasteiger partial charge in [0.05, 0.1) is 6.61 Å². The first-order valence-electron chi connectivity index (χ1n) is 9.51. The van der Waals surface area contributed by atoms with Crippen LogP contribution in [0.15, 0.2) is 48.5 Å². The molecule has 0 aliphatic carbocycles. The van der Waals surface area contributed by atoms with Crippen LogP contribution in [0.1, 0.15) is 19.3 Å². The van der Waals surface area contributed by atoms with Crippen LogP contribution in [-0.2, 0) is 4.74 Å². The fourth-order valence-corrected chi connectivity index (χ4v) is 3.08. The number of hydrogen-bond donors (Lipinski definition) is 1. The highest BCUT2D eigenvalue weighted by Gasteiger charge is 2.23. The van der Waals surface area contributed by atoms with Gasteiger partial charge in [-0.3, -0.25) is 0 Å². The lowest BCUT2D eigenvalue weighted by Gasteiger charge is -2.26. The summed E-state index contributed by atoms with van der Waals surface area (Å²) >= 11 is 0. The molecule has 0 fully saturated rings. The summed E-state index contributed by atoms with van der Waals surface area (Å²) in [7, 11) is 0. The molecule has 0 aromatic heterocycles. The van der Waals surface area contributed by atoms with Gasteiger partial charge in [0.1, 0.15) is 12.7 Å². The average molecular weight is 371 g/mol. The van der Waals surface area contributed by atoms with E-state index in [1.165, 1.54) is 0 Å². The summed E-state index contributed by atoms with van der Waals surface area (Å²) in [6.45, 7) is 2.32. The van der Waals surface area contributed by atoms with Crippen molar-refractivity contribution in [2.75, 3.05) is 26.3 Å². The molecule has 4 rings (SSSR count). The van der Waals surface area contributed by atoms with Crippen molar-refractivity contribution in [3.63, 3.8) is 0 Å². The van der Waals surface area contributed by atoms with E-state index < -0.39 is 6.48 Å².